The molecule has 27 heavy (non-hydrogen) atoms. The van der Waals surface area contributed by atoms with E-state index in [1.807, 2.05) is 6.92 Å². The number of carbonyl (C=O) groups is 2. The van der Waals surface area contributed by atoms with Crippen molar-refractivity contribution in [3.05, 3.63) is 33.8 Å². The Bertz CT molecular complexity index is 745. The summed E-state index contributed by atoms with van der Waals surface area (Å²) in [5.41, 5.74) is 8.47. The number of thioether (sulfide) groups is 1. The number of carbonyl (C=O) groups excluding carboxylic acids is 2. The highest BCUT2D eigenvalue weighted by molar-refractivity contribution is 7.99. The van der Waals surface area contributed by atoms with Crippen LogP contribution in [0.25, 0.3) is 10.4 Å². The number of hydrogen-bond acceptors (Lipinski definition) is 8. The molecule has 0 saturated carbocycles. The summed E-state index contributed by atoms with van der Waals surface area (Å²) in [7, 11) is 0. The van der Waals surface area contributed by atoms with Crippen molar-refractivity contribution in [2.24, 2.45) is 11.0 Å². The van der Waals surface area contributed by atoms with Gasteiger partial charge in [0.15, 0.2) is 0 Å². The van der Waals surface area contributed by atoms with Gasteiger partial charge >= 0.3 is 11.9 Å². The average Bonchev–Trinajstić information content (AvgIpc) is 2.59. The maximum atomic E-state index is 11.5. The van der Waals surface area contributed by atoms with Crippen LogP contribution in [0.1, 0.15) is 20.8 Å². The predicted octanol–water partition coefficient (Wildman–Crippen LogP) is 3.36. The summed E-state index contributed by atoms with van der Waals surface area (Å²) in [6.07, 6.45) is -0.0979. The van der Waals surface area contributed by atoms with Crippen LogP contribution >= 0.6 is 23.4 Å². The first-order valence-electron chi connectivity index (χ1n) is 8.10. The van der Waals surface area contributed by atoms with Crippen LogP contribution in [0, 0.1) is 5.92 Å². The van der Waals surface area contributed by atoms with Crippen molar-refractivity contribution in [1.29, 1.82) is 0 Å². The predicted molar refractivity (Wildman–Crippen MR) is 98.1 cm³/mol. The minimum absolute atomic E-state index is 0.141. The Kier molecular flexibility index (Phi) is 7.73. The number of nitrogens with zero attached hydrogens (tertiary/aromatic N) is 4. The highest BCUT2D eigenvalue weighted by Gasteiger charge is 2.46. The summed E-state index contributed by atoms with van der Waals surface area (Å²) < 4.78 is 16.4. The van der Waals surface area contributed by atoms with E-state index in [0.29, 0.717) is 10.0 Å². The van der Waals surface area contributed by atoms with Gasteiger partial charge < -0.3 is 14.2 Å². The van der Waals surface area contributed by atoms with Gasteiger partial charge in [-0.3, -0.25) is 9.59 Å². The lowest BCUT2D eigenvalue weighted by molar-refractivity contribution is -0.182. The second kappa shape index (κ2) is 9.80. The summed E-state index contributed by atoms with van der Waals surface area (Å²) in [5.74, 6) is -1.37. The topological polar surface area (TPSA) is 123 Å². The zero-order chi connectivity index (χ0) is 20.0. The van der Waals surface area contributed by atoms with Crippen LogP contribution in [-0.4, -0.2) is 47.2 Å². The second-order valence-corrected chi connectivity index (χ2v) is 7.46. The van der Waals surface area contributed by atoms with Crippen molar-refractivity contribution in [3.8, 4) is 0 Å². The fraction of sp³-hybridized carbons (Fsp3) is 0.562. The Labute approximate surface area is 165 Å². The van der Waals surface area contributed by atoms with E-state index in [9.17, 15) is 9.59 Å². The number of pyridine rings is 1. The standard InChI is InChI=1S/C16H19ClN4O5S/c1-8-14(20-21-18)15(25-10(3)23)12(7-24-9(2)22)26-16(8)27-13-6-11(17)4-5-19-13/h4-6,8,12,14-16H,7H2,1-3H3/t8?,12?,14-,15+,16-/m1/s1. The molecule has 11 heteroatoms. The monoisotopic (exact) mass is 414 g/mol. The molecule has 2 heterocycles. The number of aromatic nitrogens is 1. The Balaban J connectivity index is 2.29. The molecule has 0 aliphatic carbocycles. The van der Waals surface area contributed by atoms with E-state index in [-0.39, 0.29) is 12.5 Å². The van der Waals surface area contributed by atoms with Crippen molar-refractivity contribution in [3.63, 3.8) is 0 Å². The lowest BCUT2D eigenvalue weighted by atomic mass is 9.91. The molecule has 0 radical (unpaired) electrons. The van der Waals surface area contributed by atoms with E-state index in [4.69, 9.17) is 31.3 Å². The molecule has 1 aromatic rings. The van der Waals surface area contributed by atoms with Crippen LogP contribution in [0.5, 0.6) is 0 Å². The van der Waals surface area contributed by atoms with Crippen molar-refractivity contribution >= 4 is 35.3 Å². The summed E-state index contributed by atoms with van der Waals surface area (Å²) in [5, 5.41) is 4.96. The first-order valence-corrected chi connectivity index (χ1v) is 9.36. The highest BCUT2D eigenvalue weighted by atomic mass is 35.5. The molecule has 1 aromatic heterocycles. The summed E-state index contributed by atoms with van der Waals surface area (Å²) >= 11 is 7.29. The van der Waals surface area contributed by atoms with Gasteiger partial charge in [0.05, 0.1) is 11.1 Å². The number of ether oxygens (including phenoxy) is 3. The Morgan fingerprint density at radius 2 is 2.19 bits per heavy atom. The Hall–Kier alpha value is -2.00. The van der Waals surface area contributed by atoms with Gasteiger partial charge in [0.1, 0.15) is 24.3 Å². The van der Waals surface area contributed by atoms with Gasteiger partial charge in [0, 0.05) is 35.9 Å². The van der Waals surface area contributed by atoms with Crippen molar-refractivity contribution in [2.45, 2.75) is 49.5 Å². The first-order chi connectivity index (χ1) is 12.8. The van der Waals surface area contributed by atoms with Gasteiger partial charge in [-0.1, -0.05) is 35.4 Å². The van der Waals surface area contributed by atoms with Gasteiger partial charge in [-0.15, -0.1) is 0 Å². The number of rotatable bonds is 6. The summed E-state index contributed by atoms with van der Waals surface area (Å²) in [6.45, 7) is 4.19. The van der Waals surface area contributed by atoms with Crippen LogP contribution in [-0.2, 0) is 23.8 Å². The van der Waals surface area contributed by atoms with Gasteiger partial charge in [0.2, 0.25) is 0 Å². The highest BCUT2D eigenvalue weighted by Crippen LogP contribution is 2.39. The van der Waals surface area contributed by atoms with E-state index in [2.05, 4.69) is 15.0 Å². The van der Waals surface area contributed by atoms with Gasteiger partial charge in [-0.25, -0.2) is 4.98 Å². The third kappa shape index (κ3) is 6.00. The molecule has 1 saturated heterocycles. The van der Waals surface area contributed by atoms with Crippen LogP contribution in [0.3, 0.4) is 0 Å². The fourth-order valence-corrected chi connectivity index (χ4v) is 4.01. The number of hydrogen-bond donors (Lipinski definition) is 0. The minimum Gasteiger partial charge on any atom is -0.463 e. The molecular weight excluding hydrogens is 396 g/mol. The normalized spacial score (nSPS) is 27.3. The zero-order valence-electron chi connectivity index (χ0n) is 14.9. The summed E-state index contributed by atoms with van der Waals surface area (Å²) in [6, 6.07) is 2.63. The maximum absolute atomic E-state index is 11.5. The average molecular weight is 415 g/mol. The van der Waals surface area contributed by atoms with Crippen LogP contribution in [0.2, 0.25) is 5.02 Å². The molecule has 0 N–H and O–H groups in total. The van der Waals surface area contributed by atoms with Gasteiger partial charge in [-0.05, 0) is 17.7 Å². The summed E-state index contributed by atoms with van der Waals surface area (Å²) in [4.78, 5) is 29.8. The molecule has 2 unspecified atom stereocenters. The molecule has 146 valence electrons. The second-order valence-electron chi connectivity index (χ2n) is 5.90. The van der Waals surface area contributed by atoms with E-state index in [0.717, 1.165) is 0 Å². The van der Waals surface area contributed by atoms with E-state index in [1.54, 1.807) is 18.3 Å². The van der Waals surface area contributed by atoms with Crippen LogP contribution in [0.15, 0.2) is 28.5 Å². The Morgan fingerprint density at radius 3 is 2.78 bits per heavy atom. The maximum Gasteiger partial charge on any atom is 0.303 e. The lowest BCUT2D eigenvalue weighted by Gasteiger charge is -2.42. The Morgan fingerprint density at radius 1 is 1.44 bits per heavy atom. The molecule has 1 aliphatic rings. The molecule has 2 rings (SSSR count). The van der Waals surface area contributed by atoms with Crippen molar-refractivity contribution < 1.29 is 23.8 Å². The van der Waals surface area contributed by atoms with E-state index in [1.165, 1.54) is 25.6 Å². The first kappa shape index (κ1) is 21.3. The number of azide groups is 1. The van der Waals surface area contributed by atoms with E-state index >= 15 is 0 Å². The van der Waals surface area contributed by atoms with Crippen molar-refractivity contribution in [1.82, 2.24) is 4.98 Å². The number of halogens is 1. The smallest absolute Gasteiger partial charge is 0.303 e. The minimum atomic E-state index is -0.878. The SMILES string of the molecule is CC(=O)OCC1O[C@H](Sc2cc(Cl)ccn2)C(C)[C@@H](N=[N+]=[N-])[C@H]1OC(C)=O. The number of esters is 2. The third-order valence-corrected chi connectivity index (χ3v) is 5.32. The largest absolute Gasteiger partial charge is 0.463 e. The van der Waals surface area contributed by atoms with Crippen LogP contribution in [0.4, 0.5) is 0 Å². The van der Waals surface area contributed by atoms with Gasteiger partial charge in [0.25, 0.3) is 0 Å². The fourth-order valence-electron chi connectivity index (χ4n) is 2.66. The molecule has 9 nitrogen and oxygen atoms in total. The molecule has 1 aliphatic heterocycles. The van der Waals surface area contributed by atoms with Gasteiger partial charge in [-0.2, -0.15) is 0 Å². The molecule has 5 atom stereocenters. The van der Waals surface area contributed by atoms with E-state index < -0.39 is 35.6 Å². The third-order valence-electron chi connectivity index (χ3n) is 3.85. The quantitative estimate of drug-likeness (QED) is 0.302. The van der Waals surface area contributed by atoms with Crippen molar-refractivity contribution in [2.75, 3.05) is 6.61 Å². The molecule has 0 aromatic carbocycles. The zero-order valence-corrected chi connectivity index (χ0v) is 16.5. The van der Waals surface area contributed by atoms with Crippen LogP contribution < -0.4 is 0 Å². The molecule has 0 spiro atoms. The lowest BCUT2D eigenvalue weighted by Crippen LogP contribution is -2.55. The molecule has 0 amide bonds. The molecular formula is C16H19ClN4O5S. The molecule has 0 bridgehead atoms. The molecule has 1 fully saturated rings.